The number of rotatable bonds is 6. The van der Waals surface area contributed by atoms with Crippen LogP contribution in [-0.2, 0) is 4.74 Å². The molecule has 1 amide bonds. The van der Waals surface area contributed by atoms with Crippen LogP contribution in [0, 0.1) is 0 Å². The van der Waals surface area contributed by atoms with Gasteiger partial charge in [0.1, 0.15) is 5.75 Å². The Labute approximate surface area is 114 Å². The molecule has 5 nitrogen and oxygen atoms in total. The number of hydrogen-bond donors (Lipinski definition) is 2. The maximum atomic E-state index is 12.5. The van der Waals surface area contributed by atoms with Gasteiger partial charge in [0.25, 0.3) is 5.91 Å². The van der Waals surface area contributed by atoms with E-state index in [1.54, 1.807) is 12.0 Å². The molecule has 5 heteroatoms. The smallest absolute Gasteiger partial charge is 0.256 e. The van der Waals surface area contributed by atoms with Gasteiger partial charge in [0, 0.05) is 25.4 Å². The van der Waals surface area contributed by atoms with E-state index in [2.05, 4.69) is 0 Å². The van der Waals surface area contributed by atoms with Crippen LogP contribution in [0.2, 0.25) is 0 Å². The summed E-state index contributed by atoms with van der Waals surface area (Å²) < 4.78 is 5.03. The summed E-state index contributed by atoms with van der Waals surface area (Å²) in [5.41, 5.74) is 6.51. The maximum absolute atomic E-state index is 12.5. The van der Waals surface area contributed by atoms with E-state index in [0.29, 0.717) is 24.4 Å². The topological polar surface area (TPSA) is 75.8 Å². The molecule has 1 rings (SSSR count). The lowest BCUT2D eigenvalue weighted by atomic mass is 10.1. The Morgan fingerprint density at radius 3 is 2.79 bits per heavy atom. The van der Waals surface area contributed by atoms with Crippen LogP contribution in [0.3, 0.4) is 0 Å². The molecule has 1 aromatic rings. The number of amides is 1. The normalized spacial score (nSPS) is 12.2. The van der Waals surface area contributed by atoms with Gasteiger partial charge in [-0.15, -0.1) is 0 Å². The summed E-state index contributed by atoms with van der Waals surface area (Å²) in [6.07, 6.45) is 0.841. The van der Waals surface area contributed by atoms with E-state index in [1.807, 2.05) is 13.8 Å². The first kappa shape index (κ1) is 15.3. The van der Waals surface area contributed by atoms with Gasteiger partial charge in [0.15, 0.2) is 0 Å². The molecule has 0 aromatic heterocycles. The predicted octanol–water partition coefficient (Wildman–Crippen LogP) is 1.86. The fourth-order valence-corrected chi connectivity index (χ4v) is 1.82. The number of nitrogens with zero attached hydrogens (tertiary/aromatic N) is 1. The van der Waals surface area contributed by atoms with Crippen molar-refractivity contribution in [2.75, 3.05) is 26.0 Å². The average Bonchev–Trinajstić information content (AvgIpc) is 2.41. The van der Waals surface area contributed by atoms with Gasteiger partial charge in [0.05, 0.1) is 12.2 Å². The zero-order chi connectivity index (χ0) is 14.4. The number of nitrogens with two attached hydrogens (primary N) is 1. The van der Waals surface area contributed by atoms with Crippen LogP contribution >= 0.6 is 0 Å². The van der Waals surface area contributed by atoms with Gasteiger partial charge in [-0.1, -0.05) is 6.92 Å². The molecular formula is C14H22N2O3. The lowest BCUT2D eigenvalue weighted by Gasteiger charge is -2.29. The number of anilines is 1. The number of aromatic hydroxyl groups is 1. The largest absolute Gasteiger partial charge is 0.508 e. The first-order valence-electron chi connectivity index (χ1n) is 6.39. The number of phenols is 1. The Balaban J connectivity index is 3.00. The van der Waals surface area contributed by atoms with E-state index < -0.39 is 0 Å². The summed E-state index contributed by atoms with van der Waals surface area (Å²) in [6, 6.07) is 4.49. The van der Waals surface area contributed by atoms with Crippen molar-refractivity contribution >= 4 is 11.6 Å². The van der Waals surface area contributed by atoms with Gasteiger partial charge in [-0.05, 0) is 31.5 Å². The first-order chi connectivity index (χ1) is 9.01. The molecule has 0 fully saturated rings. The molecule has 0 radical (unpaired) electrons. The van der Waals surface area contributed by atoms with Gasteiger partial charge in [-0.25, -0.2) is 0 Å². The minimum atomic E-state index is -0.181. The molecule has 1 unspecified atom stereocenters. The van der Waals surface area contributed by atoms with Gasteiger partial charge >= 0.3 is 0 Å². The van der Waals surface area contributed by atoms with Crippen molar-refractivity contribution in [1.82, 2.24) is 4.90 Å². The third kappa shape index (κ3) is 3.86. The molecule has 1 aromatic carbocycles. The molecule has 106 valence electrons. The molecule has 0 heterocycles. The molecule has 3 N–H and O–H groups in total. The highest BCUT2D eigenvalue weighted by Gasteiger charge is 2.22. The number of phenolic OH excluding ortho intramolecular Hbond substituents is 1. The highest BCUT2D eigenvalue weighted by Crippen LogP contribution is 2.21. The molecule has 0 aliphatic heterocycles. The number of benzene rings is 1. The molecule has 0 spiro atoms. The second-order valence-corrected chi connectivity index (χ2v) is 4.52. The maximum Gasteiger partial charge on any atom is 0.256 e. The molecule has 0 aliphatic rings. The fraction of sp³-hybridized carbons (Fsp3) is 0.500. The van der Waals surface area contributed by atoms with Crippen LogP contribution in [-0.4, -0.2) is 42.2 Å². The highest BCUT2D eigenvalue weighted by atomic mass is 16.5. The Morgan fingerprint density at radius 1 is 1.53 bits per heavy atom. The number of carbonyl (C=O) groups is 1. The monoisotopic (exact) mass is 266 g/mol. The second kappa shape index (κ2) is 6.99. The van der Waals surface area contributed by atoms with E-state index in [0.717, 1.165) is 6.42 Å². The Morgan fingerprint density at radius 2 is 2.21 bits per heavy atom. The molecule has 0 bridgehead atoms. The lowest BCUT2D eigenvalue weighted by Crippen LogP contribution is -2.40. The third-order valence-corrected chi connectivity index (χ3v) is 3.19. The van der Waals surface area contributed by atoms with Gasteiger partial charge < -0.3 is 20.5 Å². The van der Waals surface area contributed by atoms with Gasteiger partial charge in [-0.3, -0.25) is 4.79 Å². The van der Waals surface area contributed by atoms with Crippen molar-refractivity contribution in [3.05, 3.63) is 23.8 Å². The number of nitrogen functional groups attached to an aromatic ring is 1. The van der Waals surface area contributed by atoms with Crippen molar-refractivity contribution in [3.8, 4) is 5.75 Å². The summed E-state index contributed by atoms with van der Waals surface area (Å²) in [5, 5.41) is 9.49. The summed E-state index contributed by atoms with van der Waals surface area (Å²) in [5.74, 6) is -0.145. The van der Waals surface area contributed by atoms with Crippen molar-refractivity contribution in [2.24, 2.45) is 0 Å². The van der Waals surface area contributed by atoms with Gasteiger partial charge in [-0.2, -0.15) is 0 Å². The lowest BCUT2D eigenvalue weighted by molar-refractivity contribution is 0.0614. The molecule has 0 saturated heterocycles. The van der Waals surface area contributed by atoms with E-state index in [9.17, 15) is 9.90 Å². The summed E-state index contributed by atoms with van der Waals surface area (Å²) in [4.78, 5) is 14.2. The van der Waals surface area contributed by atoms with Crippen LogP contribution in [0.15, 0.2) is 18.2 Å². The molecule has 1 atom stereocenters. The number of ether oxygens (including phenoxy) is 1. The standard InChI is InChI=1S/C14H22N2O3/c1-4-10(2)16(7-8-19-3)14(18)12-9-11(17)5-6-13(12)15/h5-6,9-10,17H,4,7-8,15H2,1-3H3. The van der Waals surface area contributed by atoms with Crippen LogP contribution in [0.25, 0.3) is 0 Å². The molecular weight excluding hydrogens is 244 g/mol. The predicted molar refractivity (Wildman–Crippen MR) is 75.2 cm³/mol. The van der Waals surface area contributed by atoms with Crippen LogP contribution in [0.1, 0.15) is 30.6 Å². The summed E-state index contributed by atoms with van der Waals surface area (Å²) in [7, 11) is 1.60. The van der Waals surface area contributed by atoms with Crippen molar-refractivity contribution in [3.63, 3.8) is 0 Å². The Hall–Kier alpha value is -1.75. The minimum absolute atomic E-state index is 0.0355. The van der Waals surface area contributed by atoms with E-state index >= 15 is 0 Å². The van der Waals surface area contributed by atoms with E-state index in [4.69, 9.17) is 10.5 Å². The van der Waals surface area contributed by atoms with Crippen LogP contribution in [0.4, 0.5) is 5.69 Å². The highest BCUT2D eigenvalue weighted by molar-refractivity contribution is 5.99. The number of hydrogen-bond acceptors (Lipinski definition) is 4. The Bertz CT molecular complexity index is 435. The first-order valence-corrected chi connectivity index (χ1v) is 6.39. The minimum Gasteiger partial charge on any atom is -0.508 e. The zero-order valence-corrected chi connectivity index (χ0v) is 11.7. The second-order valence-electron chi connectivity index (χ2n) is 4.52. The molecule has 19 heavy (non-hydrogen) atoms. The zero-order valence-electron chi connectivity index (χ0n) is 11.7. The molecule has 0 aliphatic carbocycles. The summed E-state index contributed by atoms with van der Waals surface area (Å²) >= 11 is 0. The van der Waals surface area contributed by atoms with Crippen molar-refractivity contribution < 1.29 is 14.6 Å². The fourth-order valence-electron chi connectivity index (χ4n) is 1.82. The van der Waals surface area contributed by atoms with E-state index in [1.165, 1.54) is 18.2 Å². The van der Waals surface area contributed by atoms with Gasteiger partial charge in [0.2, 0.25) is 0 Å². The van der Waals surface area contributed by atoms with Crippen LogP contribution < -0.4 is 5.73 Å². The van der Waals surface area contributed by atoms with Crippen LogP contribution in [0.5, 0.6) is 5.75 Å². The quantitative estimate of drug-likeness (QED) is 0.608. The summed E-state index contributed by atoms with van der Waals surface area (Å²) in [6.45, 7) is 4.96. The van der Waals surface area contributed by atoms with E-state index in [-0.39, 0.29) is 17.7 Å². The van der Waals surface area contributed by atoms with Crippen molar-refractivity contribution in [2.45, 2.75) is 26.3 Å². The molecule has 0 saturated carbocycles. The number of methoxy groups -OCH3 is 1. The SMILES string of the molecule is CCC(C)N(CCOC)C(=O)c1cc(O)ccc1N. The number of carbonyl (C=O) groups excluding carboxylic acids is 1. The third-order valence-electron chi connectivity index (χ3n) is 3.19. The van der Waals surface area contributed by atoms with Crippen molar-refractivity contribution in [1.29, 1.82) is 0 Å². The average molecular weight is 266 g/mol. The Kier molecular flexibility index (Phi) is 5.63.